The van der Waals surface area contributed by atoms with Crippen molar-refractivity contribution in [1.82, 2.24) is 0 Å². The second-order valence-electron chi connectivity index (χ2n) is 4.22. The normalized spacial score (nSPS) is 19.1. The minimum atomic E-state index is 0.334. The monoisotopic (exact) mass is 382 g/mol. The lowest BCUT2D eigenvalue weighted by atomic mass is 9.82. The van der Waals surface area contributed by atoms with Gasteiger partial charge >= 0.3 is 0 Å². The van der Waals surface area contributed by atoms with Crippen molar-refractivity contribution < 1.29 is 0 Å². The lowest BCUT2D eigenvalue weighted by Crippen LogP contribution is -2.24. The quantitative estimate of drug-likeness (QED) is 0.579. The number of halogens is 2. The van der Waals surface area contributed by atoms with Gasteiger partial charge in [-0.15, -0.1) is 11.8 Å². The summed E-state index contributed by atoms with van der Waals surface area (Å²) in [7, 11) is 0. The molecule has 0 saturated carbocycles. The Morgan fingerprint density at radius 1 is 1.43 bits per heavy atom. The molecule has 2 rings (SSSR count). The topological polar surface area (TPSA) is 0 Å². The van der Waals surface area contributed by atoms with E-state index in [1.54, 1.807) is 0 Å². The maximum atomic E-state index is 3.61. The number of thioether (sulfide) groups is 1. The maximum Gasteiger partial charge on any atom is 0.0321 e. The Balaban J connectivity index is 2.66. The van der Waals surface area contributed by atoms with Crippen LogP contribution in [0.3, 0.4) is 0 Å². The van der Waals surface area contributed by atoms with Crippen molar-refractivity contribution in [3.05, 3.63) is 25.7 Å². The molecule has 0 bridgehead atoms. The minimum absolute atomic E-state index is 0.334. The number of benzene rings is 1. The van der Waals surface area contributed by atoms with Gasteiger partial charge in [0.1, 0.15) is 0 Å². The molecular weight excluding hydrogens is 371 g/mol. The van der Waals surface area contributed by atoms with Crippen LogP contribution >= 0.6 is 50.3 Å². The number of hydrogen-bond donors (Lipinski definition) is 0. The lowest BCUT2D eigenvalue weighted by Gasteiger charge is -2.33. The van der Waals surface area contributed by atoms with Gasteiger partial charge in [0.2, 0.25) is 0 Å². The number of rotatable bonds is 0. The fourth-order valence-corrected chi connectivity index (χ4v) is 5.06. The summed E-state index contributed by atoms with van der Waals surface area (Å²) in [5.41, 5.74) is 1.87. The van der Waals surface area contributed by atoms with E-state index in [4.69, 9.17) is 0 Å². The molecule has 14 heavy (non-hydrogen) atoms. The van der Waals surface area contributed by atoms with Gasteiger partial charge in [0.15, 0.2) is 0 Å². The van der Waals surface area contributed by atoms with Crippen LogP contribution in [0.15, 0.2) is 21.5 Å². The Bertz CT molecular complexity index is 374. The summed E-state index contributed by atoms with van der Waals surface area (Å²) < 4.78 is 2.62. The third-order valence-corrected chi connectivity index (χ3v) is 6.30. The van der Waals surface area contributed by atoms with Gasteiger partial charge in [-0.05, 0) is 73.8 Å². The third-order valence-electron chi connectivity index (χ3n) is 2.72. The molecule has 0 nitrogen and oxygen atoms in total. The lowest BCUT2D eigenvalue weighted by molar-refractivity contribution is 0.490. The molecule has 1 aliphatic heterocycles. The van der Waals surface area contributed by atoms with Gasteiger partial charge in [0.05, 0.1) is 0 Å². The zero-order valence-corrected chi connectivity index (χ0v) is 12.8. The fourth-order valence-electron chi connectivity index (χ4n) is 1.82. The van der Waals surface area contributed by atoms with Crippen LogP contribution in [0.25, 0.3) is 0 Å². The third kappa shape index (κ3) is 1.87. The fraction of sp³-hybridized carbons (Fsp3) is 0.455. The molecular formula is C11H12BrIS. The number of fused-ring (bicyclic) bond motifs is 1. The van der Waals surface area contributed by atoms with Crippen LogP contribution in [0.5, 0.6) is 0 Å². The van der Waals surface area contributed by atoms with Crippen molar-refractivity contribution in [1.29, 1.82) is 0 Å². The summed E-state index contributed by atoms with van der Waals surface area (Å²) in [5, 5.41) is 0. The van der Waals surface area contributed by atoms with Crippen molar-refractivity contribution >= 4 is 50.3 Å². The SMILES string of the molecule is CC1(C)CCSc2ccc(Br)c(I)c21. The molecule has 1 aromatic rings. The van der Waals surface area contributed by atoms with Gasteiger partial charge in [-0.1, -0.05) is 13.8 Å². The van der Waals surface area contributed by atoms with E-state index >= 15 is 0 Å². The molecule has 0 unspecified atom stereocenters. The predicted octanol–water partition coefficient (Wildman–Crippen LogP) is 4.83. The Morgan fingerprint density at radius 2 is 2.14 bits per heavy atom. The first-order valence-corrected chi connectivity index (χ1v) is 7.49. The zero-order valence-electron chi connectivity index (χ0n) is 8.23. The molecule has 0 radical (unpaired) electrons. The summed E-state index contributed by atoms with van der Waals surface area (Å²) in [6, 6.07) is 4.40. The smallest absolute Gasteiger partial charge is 0.0321 e. The second-order valence-corrected chi connectivity index (χ2v) is 7.29. The van der Waals surface area contributed by atoms with Gasteiger partial charge in [-0.3, -0.25) is 0 Å². The van der Waals surface area contributed by atoms with E-state index in [0.29, 0.717) is 5.41 Å². The van der Waals surface area contributed by atoms with E-state index < -0.39 is 0 Å². The first-order chi connectivity index (χ1) is 6.52. The van der Waals surface area contributed by atoms with E-state index in [0.717, 1.165) is 0 Å². The number of hydrogen-bond acceptors (Lipinski definition) is 1. The van der Waals surface area contributed by atoms with Crippen molar-refractivity contribution in [3.63, 3.8) is 0 Å². The Morgan fingerprint density at radius 3 is 2.86 bits per heavy atom. The molecule has 3 heteroatoms. The molecule has 76 valence electrons. The molecule has 1 aliphatic rings. The highest BCUT2D eigenvalue weighted by molar-refractivity contribution is 14.1. The summed E-state index contributed by atoms with van der Waals surface area (Å²) >= 11 is 8.05. The van der Waals surface area contributed by atoms with Crippen LogP contribution in [-0.2, 0) is 5.41 Å². The highest BCUT2D eigenvalue weighted by Crippen LogP contribution is 2.45. The predicted molar refractivity (Wildman–Crippen MR) is 75.2 cm³/mol. The average Bonchev–Trinajstić information content (AvgIpc) is 2.10. The Hall–Kier alpha value is 0.780. The molecule has 1 aromatic carbocycles. The van der Waals surface area contributed by atoms with Crippen LogP contribution < -0.4 is 0 Å². The van der Waals surface area contributed by atoms with Crippen molar-refractivity contribution in [3.8, 4) is 0 Å². The highest BCUT2D eigenvalue weighted by atomic mass is 127. The van der Waals surface area contributed by atoms with E-state index in [1.165, 1.54) is 30.7 Å². The first kappa shape index (κ1) is 11.3. The molecule has 0 atom stereocenters. The summed E-state index contributed by atoms with van der Waals surface area (Å²) in [5.74, 6) is 1.25. The van der Waals surface area contributed by atoms with Crippen LogP contribution in [-0.4, -0.2) is 5.75 Å². The zero-order chi connectivity index (χ0) is 10.3. The standard InChI is InChI=1S/C11H12BrIS/c1-11(2)5-6-14-8-4-3-7(12)10(13)9(8)11/h3-4H,5-6H2,1-2H3. The van der Waals surface area contributed by atoms with E-state index in [2.05, 4.69) is 64.5 Å². The molecule has 0 aliphatic carbocycles. The van der Waals surface area contributed by atoms with Gasteiger partial charge in [-0.25, -0.2) is 0 Å². The Labute approximate surface area is 112 Å². The Kier molecular flexibility index (Phi) is 3.20. The van der Waals surface area contributed by atoms with Gasteiger partial charge in [-0.2, -0.15) is 0 Å². The van der Waals surface area contributed by atoms with Gasteiger partial charge in [0, 0.05) is 12.9 Å². The maximum absolute atomic E-state index is 3.61. The van der Waals surface area contributed by atoms with Crippen molar-refractivity contribution in [2.75, 3.05) is 5.75 Å². The van der Waals surface area contributed by atoms with Gasteiger partial charge in [0.25, 0.3) is 0 Å². The molecule has 1 heterocycles. The van der Waals surface area contributed by atoms with Crippen LogP contribution in [0.2, 0.25) is 0 Å². The average molecular weight is 383 g/mol. The van der Waals surface area contributed by atoms with Crippen molar-refractivity contribution in [2.45, 2.75) is 30.6 Å². The second kappa shape index (κ2) is 3.98. The van der Waals surface area contributed by atoms with E-state index in [-0.39, 0.29) is 0 Å². The summed E-state index contributed by atoms with van der Waals surface area (Å²) in [6.45, 7) is 4.69. The van der Waals surface area contributed by atoms with E-state index in [1.807, 2.05) is 11.8 Å². The highest BCUT2D eigenvalue weighted by Gasteiger charge is 2.30. The summed E-state index contributed by atoms with van der Waals surface area (Å²) in [4.78, 5) is 1.47. The van der Waals surface area contributed by atoms with Crippen molar-refractivity contribution in [2.24, 2.45) is 0 Å². The van der Waals surface area contributed by atoms with Crippen LogP contribution in [0, 0.1) is 3.57 Å². The van der Waals surface area contributed by atoms with Crippen LogP contribution in [0.1, 0.15) is 25.8 Å². The largest absolute Gasteiger partial charge is 0.126 e. The molecule has 0 saturated heterocycles. The summed E-state index contributed by atoms with van der Waals surface area (Å²) in [6.07, 6.45) is 1.27. The molecule has 0 aromatic heterocycles. The van der Waals surface area contributed by atoms with Crippen LogP contribution in [0.4, 0.5) is 0 Å². The van der Waals surface area contributed by atoms with Gasteiger partial charge < -0.3 is 0 Å². The first-order valence-electron chi connectivity index (χ1n) is 4.64. The molecule has 0 spiro atoms. The van der Waals surface area contributed by atoms with E-state index in [9.17, 15) is 0 Å². The minimum Gasteiger partial charge on any atom is -0.126 e. The molecule has 0 fully saturated rings. The molecule has 0 amide bonds. The molecule has 0 N–H and O–H groups in total.